The van der Waals surface area contributed by atoms with Crippen molar-refractivity contribution in [2.75, 3.05) is 12.3 Å². The lowest BCUT2D eigenvalue weighted by Crippen LogP contribution is -2.36. The summed E-state index contributed by atoms with van der Waals surface area (Å²) in [5.74, 6) is -0.513. The Morgan fingerprint density at radius 1 is 1.31 bits per heavy atom. The zero-order chi connectivity index (χ0) is 20.9. The van der Waals surface area contributed by atoms with Crippen LogP contribution in [-0.4, -0.2) is 47.8 Å². The van der Waals surface area contributed by atoms with Crippen LogP contribution in [0.2, 0.25) is 0 Å². The van der Waals surface area contributed by atoms with Crippen LogP contribution in [0, 0.1) is 0 Å². The van der Waals surface area contributed by atoms with Gasteiger partial charge in [-0.2, -0.15) is 0 Å². The maximum Gasteiger partial charge on any atom is 0.266 e. The highest BCUT2D eigenvalue weighted by Gasteiger charge is 2.31. The molecule has 9 heteroatoms. The molecule has 1 atom stereocenters. The molecule has 1 aromatic carbocycles. The van der Waals surface area contributed by atoms with Crippen molar-refractivity contribution in [2.24, 2.45) is 0 Å². The molecule has 1 fully saturated rings. The lowest BCUT2D eigenvalue weighted by Gasteiger charge is -2.15. The number of carbonyl (C=O) groups is 2. The van der Waals surface area contributed by atoms with Crippen LogP contribution in [0.25, 0.3) is 6.08 Å². The van der Waals surface area contributed by atoms with Crippen molar-refractivity contribution < 1.29 is 18.0 Å². The third kappa shape index (κ3) is 6.12. The van der Waals surface area contributed by atoms with Gasteiger partial charge in [0.25, 0.3) is 5.91 Å². The first-order chi connectivity index (χ1) is 13.8. The third-order valence-corrected chi connectivity index (χ3v) is 7.06. The van der Waals surface area contributed by atoms with E-state index in [1.807, 2.05) is 42.5 Å². The van der Waals surface area contributed by atoms with E-state index in [4.69, 9.17) is 12.2 Å². The van der Waals surface area contributed by atoms with E-state index in [-0.39, 0.29) is 24.0 Å². The summed E-state index contributed by atoms with van der Waals surface area (Å²) in [6.45, 7) is 0.344. The first-order valence-corrected chi connectivity index (χ1v) is 12.0. The second-order valence-corrected chi connectivity index (χ2v) is 10.2. The molecule has 29 heavy (non-hydrogen) atoms. The molecule has 0 spiro atoms. The summed E-state index contributed by atoms with van der Waals surface area (Å²) >= 11 is 6.53. The molecule has 2 amide bonds. The fraction of sp³-hybridized carbons (Fsp3) is 0.250. The number of allylic oxidation sites excluding steroid dienone is 2. The summed E-state index contributed by atoms with van der Waals surface area (Å²) in [7, 11) is -3.20. The summed E-state index contributed by atoms with van der Waals surface area (Å²) in [4.78, 5) is 26.6. The van der Waals surface area contributed by atoms with Crippen molar-refractivity contribution in [3.8, 4) is 0 Å². The van der Waals surface area contributed by atoms with Gasteiger partial charge in [0.2, 0.25) is 5.91 Å². The molecule has 1 aromatic rings. The Kier molecular flexibility index (Phi) is 7.05. The van der Waals surface area contributed by atoms with Crippen LogP contribution in [-0.2, 0) is 19.4 Å². The number of rotatable bonds is 7. The first kappa shape index (κ1) is 21.5. The van der Waals surface area contributed by atoms with Gasteiger partial charge >= 0.3 is 0 Å². The number of sulfone groups is 1. The molecule has 0 aliphatic carbocycles. The molecule has 0 bridgehead atoms. The Bertz CT molecular complexity index is 998. The van der Waals surface area contributed by atoms with E-state index < -0.39 is 15.9 Å². The van der Waals surface area contributed by atoms with Crippen LogP contribution in [0.15, 0.2) is 58.9 Å². The lowest BCUT2D eigenvalue weighted by atomic mass is 10.2. The highest BCUT2D eigenvalue weighted by atomic mass is 32.2. The van der Waals surface area contributed by atoms with E-state index in [1.165, 1.54) is 22.7 Å². The van der Waals surface area contributed by atoms with Crippen LogP contribution < -0.4 is 5.32 Å². The van der Waals surface area contributed by atoms with Gasteiger partial charge in [-0.1, -0.05) is 66.5 Å². The monoisotopic (exact) mass is 448 g/mol. The summed E-state index contributed by atoms with van der Waals surface area (Å²) in [5, 5.41) is 3.79. The molecule has 2 heterocycles. The normalized spacial score (nSPS) is 22.1. The van der Waals surface area contributed by atoms with Gasteiger partial charge in [-0.15, -0.1) is 0 Å². The van der Waals surface area contributed by atoms with E-state index in [2.05, 4.69) is 5.32 Å². The van der Waals surface area contributed by atoms with Crippen LogP contribution >= 0.6 is 24.0 Å². The zero-order valence-corrected chi connectivity index (χ0v) is 17.9. The number of benzene rings is 1. The fourth-order valence-electron chi connectivity index (χ4n) is 2.86. The van der Waals surface area contributed by atoms with Crippen molar-refractivity contribution in [1.29, 1.82) is 0 Å². The van der Waals surface area contributed by atoms with Gasteiger partial charge in [0.1, 0.15) is 4.32 Å². The van der Waals surface area contributed by atoms with Crippen molar-refractivity contribution >= 4 is 56.0 Å². The van der Waals surface area contributed by atoms with Crippen molar-refractivity contribution in [3.05, 3.63) is 64.4 Å². The zero-order valence-electron chi connectivity index (χ0n) is 15.5. The Balaban J connectivity index is 1.46. The summed E-state index contributed by atoms with van der Waals surface area (Å²) in [6.07, 6.45) is 7.57. The van der Waals surface area contributed by atoms with E-state index >= 15 is 0 Å². The number of hydrogen-bond donors (Lipinski definition) is 1. The van der Waals surface area contributed by atoms with Gasteiger partial charge in [0.05, 0.1) is 16.7 Å². The molecule has 6 nitrogen and oxygen atoms in total. The van der Waals surface area contributed by atoms with Crippen LogP contribution in [0.1, 0.15) is 18.4 Å². The van der Waals surface area contributed by atoms with Gasteiger partial charge in [-0.3, -0.25) is 14.5 Å². The van der Waals surface area contributed by atoms with Gasteiger partial charge in [-0.05, 0) is 24.1 Å². The molecule has 1 N–H and O–H groups in total. The number of nitrogens with one attached hydrogen (secondary N) is 1. The number of hydrogen-bond acceptors (Lipinski definition) is 6. The van der Waals surface area contributed by atoms with Gasteiger partial charge in [0.15, 0.2) is 9.84 Å². The number of carbonyl (C=O) groups excluding carboxylic acids is 2. The second kappa shape index (κ2) is 9.51. The average Bonchev–Trinajstić information content (AvgIpc) is 3.15. The highest BCUT2D eigenvalue weighted by Crippen LogP contribution is 2.31. The Morgan fingerprint density at radius 3 is 2.76 bits per heavy atom. The molecule has 0 aromatic heterocycles. The molecule has 0 radical (unpaired) electrons. The van der Waals surface area contributed by atoms with Gasteiger partial charge in [0, 0.05) is 18.4 Å². The molecule has 152 valence electrons. The maximum absolute atomic E-state index is 12.5. The molecule has 1 unspecified atom stereocenters. The third-order valence-electron chi connectivity index (χ3n) is 4.27. The predicted molar refractivity (Wildman–Crippen MR) is 120 cm³/mol. The van der Waals surface area contributed by atoms with Crippen molar-refractivity contribution in [3.63, 3.8) is 0 Å². The Morgan fingerprint density at radius 2 is 2.07 bits per heavy atom. The molecule has 2 aliphatic rings. The number of amides is 2. The van der Waals surface area contributed by atoms with E-state index in [1.54, 1.807) is 6.08 Å². The first-order valence-electron chi connectivity index (χ1n) is 9.01. The minimum atomic E-state index is -3.20. The maximum atomic E-state index is 12.5. The quantitative estimate of drug-likeness (QED) is 0.510. The lowest BCUT2D eigenvalue weighted by molar-refractivity contribution is -0.124. The minimum absolute atomic E-state index is 0.102. The molecule has 0 saturated carbocycles. The molecular weight excluding hydrogens is 428 g/mol. The van der Waals surface area contributed by atoms with Gasteiger partial charge in [-0.25, -0.2) is 8.42 Å². The predicted octanol–water partition coefficient (Wildman–Crippen LogP) is 2.65. The minimum Gasteiger partial charge on any atom is -0.349 e. The van der Waals surface area contributed by atoms with E-state index in [0.29, 0.717) is 22.2 Å². The summed E-state index contributed by atoms with van der Waals surface area (Å²) < 4.78 is 23.2. The topological polar surface area (TPSA) is 83.6 Å². The molecule has 3 rings (SSSR count). The highest BCUT2D eigenvalue weighted by molar-refractivity contribution is 8.26. The van der Waals surface area contributed by atoms with Crippen LogP contribution in [0.5, 0.6) is 0 Å². The Labute approximate surface area is 179 Å². The molecular formula is C20H20N2O4S3. The number of nitrogens with zero attached hydrogens (tertiary/aromatic N) is 1. The van der Waals surface area contributed by atoms with Crippen molar-refractivity contribution in [1.82, 2.24) is 10.2 Å². The molecule has 1 saturated heterocycles. The Hall–Kier alpha value is -2.23. The standard InChI is InChI=1S/C20H20N2O4S3/c23-18(21-16-11-13-29(25,26)14-16)10-5-12-22-19(24)17(28-20(22)27)9-4-8-15-6-2-1-3-7-15/h1-4,6-9,11,13,16H,5,10,12,14H2,(H,21,23)/b8-4+,17-9+. The average molecular weight is 449 g/mol. The molecule has 2 aliphatic heterocycles. The number of thioether (sulfide) groups is 1. The fourth-order valence-corrected chi connectivity index (χ4v) is 5.36. The van der Waals surface area contributed by atoms with E-state index in [0.717, 1.165) is 11.0 Å². The van der Waals surface area contributed by atoms with Gasteiger partial charge < -0.3 is 5.32 Å². The van der Waals surface area contributed by atoms with Crippen LogP contribution in [0.3, 0.4) is 0 Å². The summed E-state index contributed by atoms with van der Waals surface area (Å²) in [6, 6.07) is 9.28. The SMILES string of the molecule is O=C(CCCN1C(=O)/C(=C\C=C\c2ccccc2)SC1=S)NC1C=CS(=O)(=O)C1. The summed E-state index contributed by atoms with van der Waals surface area (Å²) in [5.41, 5.74) is 1.04. The van der Waals surface area contributed by atoms with Crippen LogP contribution in [0.4, 0.5) is 0 Å². The number of thiocarbonyl (C=S) groups is 1. The smallest absolute Gasteiger partial charge is 0.266 e. The van der Waals surface area contributed by atoms with E-state index in [9.17, 15) is 18.0 Å². The second-order valence-electron chi connectivity index (χ2n) is 6.56. The largest absolute Gasteiger partial charge is 0.349 e. The van der Waals surface area contributed by atoms with Crippen molar-refractivity contribution in [2.45, 2.75) is 18.9 Å².